The molecule has 1 aromatic carbocycles. The van der Waals surface area contributed by atoms with Crippen molar-refractivity contribution in [1.82, 2.24) is 0 Å². The van der Waals surface area contributed by atoms with Gasteiger partial charge in [0.1, 0.15) is 11.2 Å². The van der Waals surface area contributed by atoms with E-state index in [1.54, 1.807) is 65.8 Å². The van der Waals surface area contributed by atoms with Gasteiger partial charge in [-0.15, -0.1) is 0 Å². The van der Waals surface area contributed by atoms with Gasteiger partial charge in [0.2, 0.25) is 0 Å². The number of benzene rings is 1. The molecule has 166 valence electrons. The van der Waals surface area contributed by atoms with Crippen LogP contribution >= 0.6 is 0 Å². The molecule has 1 heterocycles. The van der Waals surface area contributed by atoms with E-state index in [0.29, 0.717) is 5.69 Å². The molecule has 1 aliphatic heterocycles. The maximum absolute atomic E-state index is 12.8. The Hall–Kier alpha value is -2.06. The van der Waals surface area contributed by atoms with Crippen molar-refractivity contribution in [2.45, 2.75) is 91.6 Å². The molecule has 1 aromatic rings. The molecule has 1 aliphatic rings. The van der Waals surface area contributed by atoms with Crippen LogP contribution in [0.3, 0.4) is 0 Å². The van der Waals surface area contributed by atoms with Gasteiger partial charge in [-0.25, -0.2) is 9.59 Å². The first-order valence-electron chi connectivity index (χ1n) is 10.1. The van der Waals surface area contributed by atoms with E-state index in [4.69, 9.17) is 18.8 Å². The number of amides is 2. The lowest BCUT2D eigenvalue weighted by molar-refractivity contribution is 0.00578. The summed E-state index contributed by atoms with van der Waals surface area (Å²) in [5.41, 5.74) is -1.34. The molecule has 0 radical (unpaired) electrons. The number of nitrogens with zero attached hydrogens (tertiary/aromatic N) is 1. The van der Waals surface area contributed by atoms with Gasteiger partial charge >= 0.3 is 19.3 Å². The zero-order valence-corrected chi connectivity index (χ0v) is 19.8. The first-order chi connectivity index (χ1) is 13.4. The van der Waals surface area contributed by atoms with Gasteiger partial charge < -0.3 is 18.8 Å². The number of carbonyl (C=O) groups is 2. The van der Waals surface area contributed by atoms with Crippen LogP contribution in [0.5, 0.6) is 0 Å². The molecule has 0 N–H and O–H groups in total. The molecule has 8 heteroatoms. The van der Waals surface area contributed by atoms with Gasteiger partial charge in [-0.2, -0.15) is 4.90 Å². The van der Waals surface area contributed by atoms with Crippen LogP contribution in [-0.4, -0.2) is 41.7 Å². The highest BCUT2D eigenvalue weighted by molar-refractivity contribution is 6.62. The van der Waals surface area contributed by atoms with Crippen LogP contribution in [0.25, 0.3) is 0 Å². The van der Waals surface area contributed by atoms with Crippen LogP contribution in [0, 0.1) is 0 Å². The number of ether oxygens (including phenoxy) is 2. The quantitative estimate of drug-likeness (QED) is 0.649. The number of imide groups is 1. The molecule has 0 aliphatic carbocycles. The van der Waals surface area contributed by atoms with Crippen molar-refractivity contribution in [3.8, 4) is 0 Å². The average molecular weight is 419 g/mol. The summed E-state index contributed by atoms with van der Waals surface area (Å²) in [6, 6.07) is 6.82. The molecule has 0 atom stereocenters. The van der Waals surface area contributed by atoms with Crippen molar-refractivity contribution < 1.29 is 28.4 Å². The molecule has 1 fully saturated rings. The molecular formula is C22H34BNO6. The van der Waals surface area contributed by atoms with E-state index in [1.165, 1.54) is 0 Å². The fraction of sp³-hybridized carbons (Fsp3) is 0.636. The number of hydrogen-bond donors (Lipinski definition) is 0. The SMILES string of the molecule is CC(C)(C)OC(=O)N(C(=O)OC(C)(C)C)c1ccc(B2OC(C)(C)C(C)(C)O2)cc1. The lowest BCUT2D eigenvalue weighted by Crippen LogP contribution is -2.44. The van der Waals surface area contributed by atoms with E-state index in [2.05, 4.69) is 0 Å². The summed E-state index contributed by atoms with van der Waals surface area (Å²) >= 11 is 0. The van der Waals surface area contributed by atoms with Crippen molar-refractivity contribution >= 4 is 30.5 Å². The third kappa shape index (κ3) is 5.76. The van der Waals surface area contributed by atoms with Gasteiger partial charge in [-0.05, 0) is 86.8 Å². The molecule has 1 saturated heterocycles. The fourth-order valence-corrected chi connectivity index (χ4v) is 2.66. The summed E-state index contributed by atoms with van der Waals surface area (Å²) in [5, 5.41) is 0. The summed E-state index contributed by atoms with van der Waals surface area (Å²) in [6.07, 6.45) is -1.61. The Labute approximate surface area is 180 Å². The first kappa shape index (κ1) is 24.2. The highest BCUT2D eigenvalue weighted by atomic mass is 16.7. The van der Waals surface area contributed by atoms with Gasteiger partial charge in [0, 0.05) is 0 Å². The maximum atomic E-state index is 12.8. The largest absolute Gasteiger partial charge is 0.494 e. The predicted molar refractivity (Wildman–Crippen MR) is 117 cm³/mol. The summed E-state index contributed by atoms with van der Waals surface area (Å²) < 4.78 is 22.9. The lowest BCUT2D eigenvalue weighted by atomic mass is 9.79. The lowest BCUT2D eigenvalue weighted by Gasteiger charge is -2.32. The average Bonchev–Trinajstić information content (AvgIpc) is 2.72. The Morgan fingerprint density at radius 1 is 0.800 bits per heavy atom. The number of anilines is 1. The minimum atomic E-state index is -0.805. The van der Waals surface area contributed by atoms with Crippen molar-refractivity contribution in [1.29, 1.82) is 0 Å². The van der Waals surface area contributed by atoms with Crippen LogP contribution in [0.1, 0.15) is 69.2 Å². The summed E-state index contributed by atoms with van der Waals surface area (Å²) in [7, 11) is -0.541. The Morgan fingerprint density at radius 2 is 1.17 bits per heavy atom. The minimum absolute atomic E-state index is 0.332. The van der Waals surface area contributed by atoms with Gasteiger partial charge in [-0.3, -0.25) is 0 Å². The van der Waals surface area contributed by atoms with Crippen LogP contribution in [0.4, 0.5) is 15.3 Å². The Kier molecular flexibility index (Phi) is 6.37. The number of rotatable bonds is 2. The highest BCUT2D eigenvalue weighted by Crippen LogP contribution is 2.36. The van der Waals surface area contributed by atoms with Gasteiger partial charge in [0.25, 0.3) is 0 Å². The second-order valence-corrected chi connectivity index (χ2v) is 10.5. The Morgan fingerprint density at radius 3 is 1.50 bits per heavy atom. The fourth-order valence-electron chi connectivity index (χ4n) is 2.66. The molecular weight excluding hydrogens is 385 g/mol. The second kappa shape index (κ2) is 7.89. The van der Waals surface area contributed by atoms with E-state index >= 15 is 0 Å². The normalized spacial score (nSPS) is 18.1. The number of carbonyl (C=O) groups excluding carboxylic acids is 2. The van der Waals surface area contributed by atoms with Crippen molar-refractivity contribution in [3.05, 3.63) is 24.3 Å². The molecule has 0 bridgehead atoms. The number of hydrogen-bond acceptors (Lipinski definition) is 6. The second-order valence-electron chi connectivity index (χ2n) is 10.5. The van der Waals surface area contributed by atoms with Crippen molar-refractivity contribution in [2.75, 3.05) is 4.90 Å². The van der Waals surface area contributed by atoms with E-state index in [-0.39, 0.29) is 0 Å². The summed E-state index contributed by atoms with van der Waals surface area (Å²) in [6.45, 7) is 18.3. The zero-order chi connectivity index (χ0) is 23.1. The van der Waals surface area contributed by atoms with E-state index in [9.17, 15) is 9.59 Å². The summed E-state index contributed by atoms with van der Waals surface area (Å²) in [5.74, 6) is 0. The van der Waals surface area contributed by atoms with Gasteiger partial charge in [0.05, 0.1) is 16.9 Å². The molecule has 0 unspecified atom stereocenters. The standard InChI is InChI=1S/C22H34BNO6/c1-19(2,3)27-17(25)24(18(26)28-20(4,5)6)16-13-11-15(12-14-16)23-29-21(7,8)22(9,10)30-23/h11-14H,1-10H3. The maximum Gasteiger partial charge on any atom is 0.494 e. The molecule has 0 aromatic heterocycles. The van der Waals surface area contributed by atoms with Gasteiger partial charge in [-0.1, -0.05) is 12.1 Å². The monoisotopic (exact) mass is 419 g/mol. The van der Waals surface area contributed by atoms with Crippen LogP contribution in [-0.2, 0) is 18.8 Å². The zero-order valence-electron chi connectivity index (χ0n) is 19.8. The van der Waals surface area contributed by atoms with E-state index < -0.39 is 41.7 Å². The Bertz CT molecular complexity index is 745. The van der Waals surface area contributed by atoms with Crippen LogP contribution in [0.2, 0.25) is 0 Å². The molecule has 0 saturated carbocycles. The molecule has 2 rings (SSSR count). The van der Waals surface area contributed by atoms with Crippen LogP contribution < -0.4 is 10.4 Å². The minimum Gasteiger partial charge on any atom is -0.443 e. The molecule has 30 heavy (non-hydrogen) atoms. The molecule has 0 spiro atoms. The topological polar surface area (TPSA) is 74.3 Å². The molecule has 7 nitrogen and oxygen atoms in total. The smallest absolute Gasteiger partial charge is 0.443 e. The Balaban J connectivity index is 2.31. The predicted octanol–water partition coefficient (Wildman–Crippen LogP) is 4.66. The third-order valence-corrected chi connectivity index (χ3v) is 4.83. The van der Waals surface area contributed by atoms with Crippen molar-refractivity contribution in [3.63, 3.8) is 0 Å². The van der Waals surface area contributed by atoms with E-state index in [1.807, 2.05) is 27.7 Å². The first-order valence-corrected chi connectivity index (χ1v) is 10.1. The molecule has 2 amide bonds. The van der Waals surface area contributed by atoms with Gasteiger partial charge in [0.15, 0.2) is 0 Å². The summed E-state index contributed by atoms with van der Waals surface area (Å²) in [4.78, 5) is 26.4. The third-order valence-electron chi connectivity index (χ3n) is 4.83. The van der Waals surface area contributed by atoms with Crippen molar-refractivity contribution in [2.24, 2.45) is 0 Å². The van der Waals surface area contributed by atoms with Crippen LogP contribution in [0.15, 0.2) is 24.3 Å². The van der Waals surface area contributed by atoms with E-state index in [0.717, 1.165) is 10.4 Å². The highest BCUT2D eigenvalue weighted by Gasteiger charge is 2.51.